The van der Waals surface area contributed by atoms with E-state index in [-0.39, 0.29) is 18.0 Å². The zero-order valence-corrected chi connectivity index (χ0v) is 13.0. The summed E-state index contributed by atoms with van der Waals surface area (Å²) in [5.74, 6) is -1.69. The molecule has 0 aromatic heterocycles. The molecule has 0 heterocycles. The number of carbonyl (C=O) groups excluding carboxylic acids is 1. The molecular formula is C18H17F4NO. The fourth-order valence-corrected chi connectivity index (χ4v) is 2.49. The van der Waals surface area contributed by atoms with Crippen LogP contribution in [0.3, 0.4) is 0 Å². The molecule has 1 N–H and O–H groups in total. The zero-order valence-electron chi connectivity index (χ0n) is 13.0. The molecular weight excluding hydrogens is 322 g/mol. The zero-order chi connectivity index (χ0) is 17.7. The van der Waals surface area contributed by atoms with Crippen LogP contribution >= 0.6 is 0 Å². The summed E-state index contributed by atoms with van der Waals surface area (Å²) in [4.78, 5) is 12.3. The van der Waals surface area contributed by atoms with Crippen molar-refractivity contribution in [2.24, 2.45) is 0 Å². The van der Waals surface area contributed by atoms with Crippen LogP contribution < -0.4 is 5.32 Å². The van der Waals surface area contributed by atoms with Gasteiger partial charge >= 0.3 is 6.18 Å². The summed E-state index contributed by atoms with van der Waals surface area (Å²) in [6.45, 7) is 1.68. The van der Waals surface area contributed by atoms with Gasteiger partial charge in [-0.1, -0.05) is 37.3 Å². The second-order valence-electron chi connectivity index (χ2n) is 5.44. The molecule has 1 amide bonds. The summed E-state index contributed by atoms with van der Waals surface area (Å²) in [6.07, 6.45) is -4.08. The van der Waals surface area contributed by atoms with Crippen LogP contribution in [0.1, 0.15) is 36.0 Å². The van der Waals surface area contributed by atoms with Gasteiger partial charge in [-0.15, -0.1) is 0 Å². The number of halogens is 4. The molecule has 128 valence electrons. The third-order valence-corrected chi connectivity index (χ3v) is 3.68. The average Bonchev–Trinajstić information content (AvgIpc) is 2.53. The van der Waals surface area contributed by atoms with Crippen molar-refractivity contribution < 1.29 is 22.4 Å². The number of rotatable bonds is 5. The molecule has 0 aliphatic rings. The fraction of sp³-hybridized carbons (Fsp3) is 0.278. The molecule has 2 nitrogen and oxygen atoms in total. The Balaban J connectivity index is 2.10. The number of amides is 1. The van der Waals surface area contributed by atoms with Crippen LogP contribution in [-0.4, -0.2) is 5.91 Å². The van der Waals surface area contributed by atoms with Crippen molar-refractivity contribution in [3.63, 3.8) is 0 Å². The minimum atomic E-state index is -4.63. The molecule has 0 spiro atoms. The van der Waals surface area contributed by atoms with Gasteiger partial charge in [-0.2, -0.15) is 13.2 Å². The fourth-order valence-electron chi connectivity index (χ4n) is 2.49. The Bertz CT molecular complexity index is 698. The van der Waals surface area contributed by atoms with Gasteiger partial charge in [0.05, 0.1) is 11.5 Å². The van der Waals surface area contributed by atoms with Crippen LogP contribution in [0.2, 0.25) is 0 Å². The number of alkyl halides is 3. The van der Waals surface area contributed by atoms with Crippen molar-refractivity contribution in [1.82, 2.24) is 5.32 Å². The van der Waals surface area contributed by atoms with Gasteiger partial charge in [-0.05, 0) is 35.7 Å². The van der Waals surface area contributed by atoms with E-state index in [1.165, 1.54) is 0 Å². The second-order valence-corrected chi connectivity index (χ2v) is 5.44. The molecule has 2 aromatic rings. The first-order valence-corrected chi connectivity index (χ1v) is 7.50. The lowest BCUT2D eigenvalue weighted by molar-refractivity contribution is -0.137. The largest absolute Gasteiger partial charge is 0.416 e. The van der Waals surface area contributed by atoms with E-state index in [4.69, 9.17) is 0 Å². The number of hydrogen-bond acceptors (Lipinski definition) is 1. The molecule has 0 fully saturated rings. The van der Waals surface area contributed by atoms with Gasteiger partial charge in [-0.25, -0.2) is 4.39 Å². The number of carbonyl (C=O) groups is 1. The topological polar surface area (TPSA) is 29.1 Å². The number of nitrogens with one attached hydrogen (secondary N) is 1. The molecule has 0 aliphatic carbocycles. The number of benzene rings is 2. The highest BCUT2D eigenvalue weighted by molar-refractivity contribution is 5.83. The Morgan fingerprint density at radius 1 is 1.12 bits per heavy atom. The Morgan fingerprint density at radius 3 is 2.38 bits per heavy atom. The maximum Gasteiger partial charge on any atom is 0.416 e. The second kappa shape index (κ2) is 7.47. The minimum absolute atomic E-state index is 0.0681. The first-order chi connectivity index (χ1) is 11.3. The van der Waals surface area contributed by atoms with E-state index in [0.29, 0.717) is 12.5 Å². The van der Waals surface area contributed by atoms with Crippen molar-refractivity contribution in [2.75, 3.05) is 0 Å². The highest BCUT2D eigenvalue weighted by Gasteiger charge is 2.31. The Hall–Kier alpha value is -2.37. The monoisotopic (exact) mass is 339 g/mol. The summed E-state index contributed by atoms with van der Waals surface area (Å²) in [6, 6.07) is 11.4. The van der Waals surface area contributed by atoms with E-state index in [9.17, 15) is 22.4 Å². The van der Waals surface area contributed by atoms with Crippen molar-refractivity contribution in [3.8, 4) is 0 Å². The SMILES string of the molecule is CC[C@H](C(=O)NCc1cc(F)cc(C(F)(F)F)c1)c1ccccc1. The lowest BCUT2D eigenvalue weighted by Crippen LogP contribution is -2.28. The smallest absolute Gasteiger partial charge is 0.351 e. The van der Waals surface area contributed by atoms with Crippen LogP contribution in [0, 0.1) is 5.82 Å². The third-order valence-electron chi connectivity index (χ3n) is 3.68. The first-order valence-electron chi connectivity index (χ1n) is 7.50. The van der Waals surface area contributed by atoms with E-state index in [2.05, 4.69) is 5.32 Å². The van der Waals surface area contributed by atoms with Gasteiger partial charge in [0.25, 0.3) is 0 Å². The molecule has 2 rings (SSSR count). The van der Waals surface area contributed by atoms with Crippen LogP contribution in [0.25, 0.3) is 0 Å². The van der Waals surface area contributed by atoms with E-state index < -0.39 is 23.5 Å². The summed E-state index contributed by atoms with van der Waals surface area (Å²) >= 11 is 0. The van der Waals surface area contributed by atoms with Crippen LogP contribution in [0.4, 0.5) is 17.6 Å². The molecule has 24 heavy (non-hydrogen) atoms. The van der Waals surface area contributed by atoms with Gasteiger partial charge in [0.15, 0.2) is 0 Å². The molecule has 0 saturated carbocycles. The number of hydrogen-bond donors (Lipinski definition) is 1. The summed E-state index contributed by atoms with van der Waals surface area (Å²) in [5, 5.41) is 2.58. The van der Waals surface area contributed by atoms with Gasteiger partial charge < -0.3 is 5.32 Å². The Kier molecular flexibility index (Phi) is 5.59. The molecule has 2 aromatic carbocycles. The van der Waals surface area contributed by atoms with Gasteiger partial charge in [0.2, 0.25) is 5.91 Å². The normalized spacial score (nSPS) is 12.7. The summed E-state index contributed by atoms with van der Waals surface area (Å²) in [7, 11) is 0. The molecule has 0 radical (unpaired) electrons. The molecule has 0 aliphatic heterocycles. The highest BCUT2D eigenvalue weighted by atomic mass is 19.4. The van der Waals surface area contributed by atoms with Gasteiger partial charge in [-0.3, -0.25) is 4.79 Å². The molecule has 6 heteroatoms. The summed E-state index contributed by atoms with van der Waals surface area (Å²) < 4.78 is 51.5. The van der Waals surface area contributed by atoms with Crippen molar-refractivity contribution in [3.05, 3.63) is 71.0 Å². The minimum Gasteiger partial charge on any atom is -0.351 e. The maximum absolute atomic E-state index is 13.4. The molecule has 0 unspecified atom stereocenters. The van der Waals surface area contributed by atoms with Crippen molar-refractivity contribution in [1.29, 1.82) is 0 Å². The van der Waals surface area contributed by atoms with Crippen molar-refractivity contribution in [2.45, 2.75) is 32.0 Å². The molecule has 0 bridgehead atoms. The predicted molar refractivity (Wildman–Crippen MR) is 82.7 cm³/mol. The van der Waals surface area contributed by atoms with E-state index in [0.717, 1.165) is 17.7 Å². The highest BCUT2D eigenvalue weighted by Crippen LogP contribution is 2.30. The van der Waals surface area contributed by atoms with Crippen LogP contribution in [0.5, 0.6) is 0 Å². The standard InChI is InChI=1S/C18H17F4NO/c1-2-16(13-6-4-3-5-7-13)17(24)23-11-12-8-14(18(20,21)22)10-15(19)9-12/h3-10,16H,2,11H2,1H3,(H,23,24)/t16-/m0/s1. The van der Waals surface area contributed by atoms with Crippen molar-refractivity contribution >= 4 is 5.91 Å². The van der Waals surface area contributed by atoms with Gasteiger partial charge in [0, 0.05) is 6.54 Å². The summed E-state index contributed by atoms with van der Waals surface area (Å²) in [5.41, 5.74) is -0.173. The lowest BCUT2D eigenvalue weighted by atomic mass is 9.95. The Morgan fingerprint density at radius 2 is 1.79 bits per heavy atom. The van der Waals surface area contributed by atoms with Crippen LogP contribution in [-0.2, 0) is 17.5 Å². The van der Waals surface area contributed by atoms with E-state index in [1.54, 1.807) is 0 Å². The molecule has 1 atom stereocenters. The van der Waals surface area contributed by atoms with Gasteiger partial charge in [0.1, 0.15) is 5.82 Å². The average molecular weight is 339 g/mol. The van der Waals surface area contributed by atoms with E-state index in [1.807, 2.05) is 37.3 Å². The quantitative estimate of drug-likeness (QED) is 0.789. The first kappa shape index (κ1) is 18.0. The molecule has 0 saturated heterocycles. The van der Waals surface area contributed by atoms with Crippen LogP contribution in [0.15, 0.2) is 48.5 Å². The predicted octanol–water partition coefficient (Wildman–Crippen LogP) is 4.65. The lowest BCUT2D eigenvalue weighted by Gasteiger charge is -2.16. The third kappa shape index (κ3) is 4.57. The van der Waals surface area contributed by atoms with E-state index >= 15 is 0 Å². The Labute approximate surface area is 137 Å². The maximum atomic E-state index is 13.4.